The second-order valence-corrected chi connectivity index (χ2v) is 5.72. The Labute approximate surface area is 124 Å². The molecule has 0 saturated carbocycles. The molecule has 3 rings (SSSR count). The van der Waals surface area contributed by atoms with Gasteiger partial charge in [-0.2, -0.15) is 0 Å². The van der Waals surface area contributed by atoms with Gasteiger partial charge in [0.25, 0.3) is 0 Å². The van der Waals surface area contributed by atoms with Crippen LogP contribution in [0.5, 0.6) is 5.75 Å². The van der Waals surface area contributed by atoms with E-state index < -0.39 is 0 Å². The van der Waals surface area contributed by atoms with E-state index in [1.165, 1.54) is 16.7 Å². The van der Waals surface area contributed by atoms with E-state index >= 15 is 0 Å². The maximum Gasteiger partial charge on any atom is 0.122 e. The van der Waals surface area contributed by atoms with Crippen molar-refractivity contribution < 1.29 is 4.74 Å². The molecule has 2 aromatic rings. The normalized spacial score (nSPS) is 14.6. The van der Waals surface area contributed by atoms with Gasteiger partial charge in [-0.3, -0.25) is 0 Å². The van der Waals surface area contributed by atoms with Crippen molar-refractivity contribution in [3.05, 3.63) is 58.1 Å². The molecule has 2 nitrogen and oxygen atoms in total. The second kappa shape index (κ2) is 5.37. The lowest BCUT2D eigenvalue weighted by molar-refractivity contribution is 0.357. The van der Waals surface area contributed by atoms with Crippen LogP contribution in [0.1, 0.15) is 29.7 Å². The second-order valence-electron chi connectivity index (χ2n) is 5.31. The van der Waals surface area contributed by atoms with Gasteiger partial charge in [-0.25, -0.2) is 0 Å². The molecule has 0 radical (unpaired) electrons. The zero-order valence-electron chi connectivity index (χ0n) is 11.7. The molecule has 104 valence electrons. The topological polar surface area (TPSA) is 21.3 Å². The maximum atomic E-state index is 6.24. The number of aryl methyl sites for hydroxylation is 1. The lowest BCUT2D eigenvalue weighted by atomic mass is 10.0. The molecule has 1 aliphatic heterocycles. The van der Waals surface area contributed by atoms with Gasteiger partial charge in [0.1, 0.15) is 5.75 Å². The fourth-order valence-corrected chi connectivity index (χ4v) is 2.71. The van der Waals surface area contributed by atoms with Gasteiger partial charge in [0.2, 0.25) is 0 Å². The number of ether oxygens (including phenoxy) is 1. The third-order valence-electron chi connectivity index (χ3n) is 3.71. The van der Waals surface area contributed by atoms with Crippen LogP contribution in [0.2, 0.25) is 5.02 Å². The van der Waals surface area contributed by atoms with Crippen LogP contribution in [0, 0.1) is 6.92 Å². The Morgan fingerprint density at radius 2 is 2.05 bits per heavy atom. The van der Waals surface area contributed by atoms with Gasteiger partial charge in [-0.05, 0) is 54.8 Å². The van der Waals surface area contributed by atoms with E-state index in [2.05, 4.69) is 43.4 Å². The molecule has 0 bridgehead atoms. The Morgan fingerprint density at radius 1 is 1.20 bits per heavy atom. The Morgan fingerprint density at radius 3 is 2.90 bits per heavy atom. The highest BCUT2D eigenvalue weighted by Gasteiger charge is 2.15. The van der Waals surface area contributed by atoms with Gasteiger partial charge in [0.15, 0.2) is 0 Å². The zero-order valence-corrected chi connectivity index (χ0v) is 12.5. The summed E-state index contributed by atoms with van der Waals surface area (Å²) in [6, 6.07) is 12.6. The van der Waals surface area contributed by atoms with Crippen molar-refractivity contribution in [1.82, 2.24) is 0 Å². The standard InChI is InChI=1S/C17H18ClNO/c1-11-3-5-15(18)16(9-11)19-12(2)13-4-6-17-14(10-13)7-8-20-17/h3-6,9-10,12,19H,7-8H2,1-2H3. The predicted octanol–water partition coefficient (Wildman–Crippen LogP) is 4.76. The summed E-state index contributed by atoms with van der Waals surface area (Å²) in [6.45, 7) is 5.01. The van der Waals surface area contributed by atoms with Crippen LogP contribution in [0.25, 0.3) is 0 Å². The van der Waals surface area contributed by atoms with Crippen LogP contribution in [-0.4, -0.2) is 6.61 Å². The van der Waals surface area contributed by atoms with Crippen LogP contribution < -0.4 is 10.1 Å². The molecule has 0 aromatic heterocycles. The van der Waals surface area contributed by atoms with E-state index in [0.717, 1.165) is 29.5 Å². The van der Waals surface area contributed by atoms with E-state index in [1.54, 1.807) is 0 Å². The highest BCUT2D eigenvalue weighted by atomic mass is 35.5. The smallest absolute Gasteiger partial charge is 0.122 e. The third kappa shape index (κ3) is 2.61. The van der Waals surface area contributed by atoms with Crippen molar-refractivity contribution in [2.45, 2.75) is 26.3 Å². The first-order chi connectivity index (χ1) is 9.63. The van der Waals surface area contributed by atoms with Crippen LogP contribution in [-0.2, 0) is 6.42 Å². The van der Waals surface area contributed by atoms with Gasteiger partial charge in [-0.1, -0.05) is 23.7 Å². The Hall–Kier alpha value is -1.67. The molecule has 20 heavy (non-hydrogen) atoms. The van der Waals surface area contributed by atoms with Gasteiger partial charge >= 0.3 is 0 Å². The molecule has 1 N–H and O–H groups in total. The third-order valence-corrected chi connectivity index (χ3v) is 4.04. The van der Waals surface area contributed by atoms with Crippen molar-refractivity contribution in [3.8, 4) is 5.75 Å². The predicted molar refractivity (Wildman–Crippen MR) is 83.9 cm³/mol. The van der Waals surface area contributed by atoms with E-state index in [4.69, 9.17) is 16.3 Å². The SMILES string of the molecule is Cc1ccc(Cl)c(NC(C)c2ccc3c(c2)CCO3)c1. The molecule has 0 fully saturated rings. The number of benzene rings is 2. The number of hydrogen-bond donors (Lipinski definition) is 1. The number of fused-ring (bicyclic) bond motifs is 1. The number of hydrogen-bond acceptors (Lipinski definition) is 2. The lowest BCUT2D eigenvalue weighted by Gasteiger charge is -2.18. The average Bonchev–Trinajstić information content (AvgIpc) is 2.90. The van der Waals surface area contributed by atoms with E-state index in [1.807, 2.05) is 12.1 Å². The van der Waals surface area contributed by atoms with Crippen LogP contribution >= 0.6 is 11.6 Å². The minimum Gasteiger partial charge on any atom is -0.493 e. The van der Waals surface area contributed by atoms with Crippen LogP contribution in [0.3, 0.4) is 0 Å². The van der Waals surface area contributed by atoms with Crippen LogP contribution in [0.4, 0.5) is 5.69 Å². The highest BCUT2D eigenvalue weighted by molar-refractivity contribution is 6.33. The molecule has 0 aliphatic carbocycles. The molecule has 1 unspecified atom stereocenters. The van der Waals surface area contributed by atoms with Gasteiger partial charge < -0.3 is 10.1 Å². The van der Waals surface area contributed by atoms with E-state index in [0.29, 0.717) is 0 Å². The average molecular weight is 288 g/mol. The first-order valence-electron chi connectivity index (χ1n) is 6.92. The molecule has 0 spiro atoms. The van der Waals surface area contributed by atoms with E-state index in [9.17, 15) is 0 Å². The molecular weight excluding hydrogens is 270 g/mol. The monoisotopic (exact) mass is 287 g/mol. The lowest BCUT2D eigenvalue weighted by Crippen LogP contribution is -2.07. The molecule has 2 aromatic carbocycles. The molecule has 1 atom stereocenters. The quantitative estimate of drug-likeness (QED) is 0.879. The summed E-state index contributed by atoms with van der Waals surface area (Å²) >= 11 is 6.24. The molecule has 3 heteroatoms. The molecule has 0 saturated heterocycles. The summed E-state index contributed by atoms with van der Waals surface area (Å²) in [5, 5.41) is 4.24. The van der Waals surface area contributed by atoms with E-state index in [-0.39, 0.29) is 6.04 Å². The highest BCUT2D eigenvalue weighted by Crippen LogP contribution is 2.31. The van der Waals surface area contributed by atoms with Gasteiger partial charge in [-0.15, -0.1) is 0 Å². The summed E-state index contributed by atoms with van der Waals surface area (Å²) in [4.78, 5) is 0. The molecule has 1 heterocycles. The van der Waals surface area contributed by atoms with Crippen molar-refractivity contribution >= 4 is 17.3 Å². The maximum absolute atomic E-state index is 6.24. The van der Waals surface area contributed by atoms with Crippen molar-refractivity contribution in [1.29, 1.82) is 0 Å². The summed E-state index contributed by atoms with van der Waals surface area (Å²) < 4.78 is 5.54. The Balaban J connectivity index is 1.82. The molecular formula is C17H18ClNO. The van der Waals surface area contributed by atoms with Gasteiger partial charge in [0.05, 0.1) is 17.3 Å². The zero-order chi connectivity index (χ0) is 14.1. The van der Waals surface area contributed by atoms with Gasteiger partial charge in [0, 0.05) is 12.5 Å². The van der Waals surface area contributed by atoms with Crippen molar-refractivity contribution in [2.75, 3.05) is 11.9 Å². The van der Waals surface area contributed by atoms with Crippen molar-refractivity contribution in [2.24, 2.45) is 0 Å². The minimum atomic E-state index is 0.209. The number of anilines is 1. The summed E-state index contributed by atoms with van der Waals surface area (Å²) in [6.07, 6.45) is 1.00. The molecule has 0 amide bonds. The summed E-state index contributed by atoms with van der Waals surface area (Å²) in [5.74, 6) is 1.02. The number of halogens is 1. The first kappa shape index (κ1) is 13.3. The summed E-state index contributed by atoms with van der Waals surface area (Å²) in [5.41, 5.74) is 4.74. The summed E-state index contributed by atoms with van der Waals surface area (Å²) in [7, 11) is 0. The Bertz CT molecular complexity index is 639. The molecule has 1 aliphatic rings. The largest absolute Gasteiger partial charge is 0.493 e. The fraction of sp³-hybridized carbons (Fsp3) is 0.294. The van der Waals surface area contributed by atoms with Crippen LogP contribution in [0.15, 0.2) is 36.4 Å². The fourth-order valence-electron chi connectivity index (χ4n) is 2.54. The number of nitrogens with one attached hydrogen (secondary N) is 1. The Kier molecular flexibility index (Phi) is 3.58. The first-order valence-corrected chi connectivity index (χ1v) is 7.29. The minimum absolute atomic E-state index is 0.209. The number of rotatable bonds is 3. The van der Waals surface area contributed by atoms with Crippen molar-refractivity contribution in [3.63, 3.8) is 0 Å².